The Morgan fingerprint density at radius 2 is 0.804 bits per heavy atom. The predicted molar refractivity (Wildman–Crippen MR) is 248 cm³/mol. The van der Waals surface area contributed by atoms with Crippen molar-refractivity contribution in [1.29, 1.82) is 0 Å². The van der Waals surface area contributed by atoms with Crippen LogP contribution in [0.15, 0.2) is 72.9 Å². The first-order valence-corrected chi connectivity index (χ1v) is 24.2. The van der Waals surface area contributed by atoms with Gasteiger partial charge in [-0.1, -0.05) is 222 Å². The Hall–Kier alpha value is -2.17. The van der Waals surface area contributed by atoms with E-state index in [0.29, 0.717) is 6.42 Å². The van der Waals surface area contributed by atoms with Crippen molar-refractivity contribution in [3.05, 3.63) is 72.9 Å². The van der Waals surface area contributed by atoms with Gasteiger partial charge in [0.25, 0.3) is 0 Å². The van der Waals surface area contributed by atoms with Gasteiger partial charge >= 0.3 is 0 Å². The summed E-state index contributed by atoms with van der Waals surface area (Å²) in [5.41, 5.74) is 0. The Kier molecular flexibility index (Phi) is 45.4. The highest BCUT2D eigenvalue weighted by Crippen LogP contribution is 2.15. The van der Waals surface area contributed by atoms with E-state index in [-0.39, 0.29) is 12.5 Å². The smallest absolute Gasteiger partial charge is 0.220 e. The SMILES string of the molecule is CC/C=C\C/C=C\C/C=C\CCCCCC(=O)NC(CO)C(O)/C=C/CC/C=C/CC/C=C/CCCCCCCCCCCCCCCCCCCCCCC. The molecular formula is C52H93NO3. The van der Waals surface area contributed by atoms with Crippen molar-refractivity contribution in [2.75, 3.05) is 6.61 Å². The van der Waals surface area contributed by atoms with E-state index in [0.717, 1.165) is 70.6 Å². The molecule has 0 aliphatic heterocycles. The van der Waals surface area contributed by atoms with Gasteiger partial charge in [-0.05, 0) is 77.0 Å². The van der Waals surface area contributed by atoms with Gasteiger partial charge in [-0.15, -0.1) is 0 Å². The van der Waals surface area contributed by atoms with Crippen molar-refractivity contribution < 1.29 is 15.0 Å². The van der Waals surface area contributed by atoms with Crippen LogP contribution in [0, 0.1) is 0 Å². The van der Waals surface area contributed by atoms with Gasteiger partial charge in [0, 0.05) is 6.42 Å². The second-order valence-electron chi connectivity index (χ2n) is 16.1. The fourth-order valence-corrected chi connectivity index (χ4v) is 6.99. The largest absolute Gasteiger partial charge is 0.394 e. The minimum absolute atomic E-state index is 0.109. The molecule has 0 aromatic rings. The molecule has 0 saturated heterocycles. The molecule has 0 rings (SSSR count). The number of amides is 1. The Morgan fingerprint density at radius 3 is 1.25 bits per heavy atom. The molecule has 0 aliphatic carbocycles. The zero-order valence-electron chi connectivity index (χ0n) is 37.1. The molecule has 0 spiro atoms. The second kappa shape index (κ2) is 47.2. The maximum Gasteiger partial charge on any atom is 0.220 e. The lowest BCUT2D eigenvalue weighted by Crippen LogP contribution is -2.45. The van der Waals surface area contributed by atoms with Gasteiger partial charge in [0.1, 0.15) is 0 Å². The highest BCUT2D eigenvalue weighted by atomic mass is 16.3. The summed E-state index contributed by atoms with van der Waals surface area (Å²) in [5.74, 6) is -0.109. The Labute approximate surface area is 349 Å². The van der Waals surface area contributed by atoms with Crippen molar-refractivity contribution in [1.82, 2.24) is 5.32 Å². The number of hydrogen-bond acceptors (Lipinski definition) is 3. The lowest BCUT2D eigenvalue weighted by Gasteiger charge is -2.19. The number of carbonyl (C=O) groups excluding carboxylic acids is 1. The summed E-state index contributed by atoms with van der Waals surface area (Å²) in [7, 11) is 0. The molecule has 2 unspecified atom stereocenters. The van der Waals surface area contributed by atoms with Crippen molar-refractivity contribution >= 4 is 5.91 Å². The number of allylic oxidation sites excluding steroid dienone is 11. The van der Waals surface area contributed by atoms with E-state index in [1.54, 1.807) is 6.08 Å². The first-order valence-electron chi connectivity index (χ1n) is 24.2. The average molecular weight is 780 g/mol. The van der Waals surface area contributed by atoms with E-state index in [4.69, 9.17) is 0 Å². The third-order valence-electron chi connectivity index (χ3n) is 10.7. The Morgan fingerprint density at radius 1 is 0.446 bits per heavy atom. The standard InChI is InChI=1S/C52H93NO3/c1-3-5-7-9-11-13-15-17-18-19-20-21-22-23-24-25-26-27-28-29-30-31-32-33-34-36-37-39-41-43-45-47-51(55)50(49-54)53-52(56)48-46-44-42-40-38-35-16-14-12-10-8-6-4-2/h6,8,12,14,32-33,35,37-39,45,47,50-51,54-55H,3-5,7,9-11,13,15-31,34,36,40-44,46,48-49H2,1-2H3,(H,53,56)/b8-6-,14-12-,33-32+,38-35-,39-37+,47-45+. The van der Waals surface area contributed by atoms with E-state index in [2.05, 4.69) is 79.9 Å². The molecule has 0 fully saturated rings. The topological polar surface area (TPSA) is 69.6 Å². The Balaban J connectivity index is 3.58. The number of aliphatic hydroxyl groups is 2. The number of rotatable bonds is 43. The van der Waals surface area contributed by atoms with Crippen LogP contribution in [-0.4, -0.2) is 34.9 Å². The first-order chi connectivity index (χ1) is 27.7. The fraction of sp³-hybridized carbons (Fsp3) is 0.750. The van der Waals surface area contributed by atoms with Gasteiger partial charge in [-0.3, -0.25) is 4.79 Å². The van der Waals surface area contributed by atoms with E-state index < -0.39 is 12.1 Å². The average Bonchev–Trinajstić information content (AvgIpc) is 3.20. The third-order valence-corrected chi connectivity index (χ3v) is 10.7. The zero-order valence-corrected chi connectivity index (χ0v) is 37.1. The maximum absolute atomic E-state index is 12.3. The highest BCUT2D eigenvalue weighted by molar-refractivity contribution is 5.76. The number of carbonyl (C=O) groups is 1. The lowest BCUT2D eigenvalue weighted by molar-refractivity contribution is -0.123. The molecule has 0 heterocycles. The van der Waals surface area contributed by atoms with Gasteiger partial charge in [-0.2, -0.15) is 0 Å². The first kappa shape index (κ1) is 53.8. The Bertz CT molecular complexity index is 977. The fourth-order valence-electron chi connectivity index (χ4n) is 6.99. The van der Waals surface area contributed by atoms with Gasteiger partial charge in [0.05, 0.1) is 18.8 Å². The van der Waals surface area contributed by atoms with Crippen molar-refractivity contribution in [3.63, 3.8) is 0 Å². The summed E-state index contributed by atoms with van der Waals surface area (Å²) < 4.78 is 0. The van der Waals surface area contributed by atoms with Crippen LogP contribution in [0.25, 0.3) is 0 Å². The molecule has 1 amide bonds. The molecule has 56 heavy (non-hydrogen) atoms. The van der Waals surface area contributed by atoms with Crippen LogP contribution in [-0.2, 0) is 4.79 Å². The molecule has 0 bridgehead atoms. The molecule has 4 nitrogen and oxygen atoms in total. The van der Waals surface area contributed by atoms with Crippen LogP contribution in [0.3, 0.4) is 0 Å². The number of hydrogen-bond donors (Lipinski definition) is 3. The number of unbranched alkanes of at least 4 members (excludes halogenated alkanes) is 26. The van der Waals surface area contributed by atoms with E-state index in [1.807, 2.05) is 6.08 Å². The summed E-state index contributed by atoms with van der Waals surface area (Å²) in [6.45, 7) is 4.16. The molecule has 0 aliphatic rings. The van der Waals surface area contributed by atoms with Crippen LogP contribution in [0.4, 0.5) is 0 Å². The van der Waals surface area contributed by atoms with E-state index in [9.17, 15) is 15.0 Å². The van der Waals surface area contributed by atoms with E-state index in [1.165, 1.54) is 141 Å². The summed E-state index contributed by atoms with van der Waals surface area (Å²) in [4.78, 5) is 12.3. The molecule has 324 valence electrons. The van der Waals surface area contributed by atoms with Crippen LogP contribution in [0.1, 0.15) is 232 Å². The number of aliphatic hydroxyl groups excluding tert-OH is 2. The molecule has 3 N–H and O–H groups in total. The van der Waals surface area contributed by atoms with Crippen LogP contribution < -0.4 is 5.32 Å². The maximum atomic E-state index is 12.3. The molecule has 2 atom stereocenters. The van der Waals surface area contributed by atoms with Crippen molar-refractivity contribution in [2.24, 2.45) is 0 Å². The lowest BCUT2D eigenvalue weighted by atomic mass is 10.0. The van der Waals surface area contributed by atoms with Crippen LogP contribution in [0.2, 0.25) is 0 Å². The summed E-state index contributed by atoms with van der Waals surface area (Å²) in [6.07, 6.45) is 67.7. The molecule has 0 radical (unpaired) electrons. The van der Waals surface area contributed by atoms with Gasteiger partial charge in [-0.25, -0.2) is 0 Å². The predicted octanol–water partition coefficient (Wildman–Crippen LogP) is 15.5. The quantitative estimate of drug-likeness (QED) is 0.0426. The normalized spacial score (nSPS) is 13.6. The van der Waals surface area contributed by atoms with Crippen molar-refractivity contribution in [2.45, 2.75) is 244 Å². The van der Waals surface area contributed by atoms with Crippen LogP contribution >= 0.6 is 0 Å². The van der Waals surface area contributed by atoms with Crippen molar-refractivity contribution in [3.8, 4) is 0 Å². The molecule has 0 saturated carbocycles. The minimum atomic E-state index is -0.886. The highest BCUT2D eigenvalue weighted by Gasteiger charge is 2.17. The second-order valence-corrected chi connectivity index (χ2v) is 16.1. The van der Waals surface area contributed by atoms with Gasteiger partial charge < -0.3 is 15.5 Å². The number of nitrogens with one attached hydrogen (secondary N) is 1. The van der Waals surface area contributed by atoms with Crippen LogP contribution in [0.5, 0.6) is 0 Å². The molecule has 0 aromatic heterocycles. The zero-order chi connectivity index (χ0) is 40.7. The van der Waals surface area contributed by atoms with Gasteiger partial charge in [0.2, 0.25) is 5.91 Å². The minimum Gasteiger partial charge on any atom is -0.394 e. The third kappa shape index (κ3) is 43.0. The summed E-state index contributed by atoms with van der Waals surface area (Å²) >= 11 is 0. The van der Waals surface area contributed by atoms with Gasteiger partial charge in [0.15, 0.2) is 0 Å². The monoisotopic (exact) mass is 780 g/mol. The molecular weight excluding hydrogens is 687 g/mol. The molecule has 4 heteroatoms. The van der Waals surface area contributed by atoms with E-state index >= 15 is 0 Å². The summed E-state index contributed by atoms with van der Waals surface area (Å²) in [5, 5.41) is 22.9. The molecule has 0 aromatic carbocycles. The summed E-state index contributed by atoms with van der Waals surface area (Å²) in [6, 6.07) is -0.664.